The SMILES string of the molecule is C[Si]1(O)O[Si]2(C)O[Si]3(C)O[Si](C)(O)O[Si]4(C)O[Si](C)(O2)O[Si](C)(O1)O[Si](C)(O3)O4.[Y].[Y]. The van der Waals surface area contributed by atoms with E-state index in [1.54, 1.807) is 39.3 Å². The van der Waals surface area contributed by atoms with E-state index in [0.29, 0.717) is 0 Å². The minimum Gasteiger partial charge on any atom is -0.391 e. The van der Waals surface area contributed by atoms with Gasteiger partial charge in [0.25, 0.3) is 0 Å². The van der Waals surface area contributed by atoms with Gasteiger partial charge in [0.2, 0.25) is 0 Å². The monoisotopic (exact) mass is 732 g/mol. The van der Waals surface area contributed by atoms with E-state index in [0.717, 1.165) is 0 Å². The van der Waals surface area contributed by atoms with E-state index in [2.05, 4.69) is 0 Å². The predicted molar refractivity (Wildman–Crippen MR) is 109 cm³/mol. The predicted octanol–water partition coefficient (Wildman–Crippen LogP) is -0.247. The summed E-state index contributed by atoms with van der Waals surface area (Å²) in [6, 6.07) is 0. The van der Waals surface area contributed by atoms with Crippen molar-refractivity contribution in [1.29, 1.82) is 0 Å². The third-order valence-corrected chi connectivity index (χ3v) is 36.9. The van der Waals surface area contributed by atoms with Gasteiger partial charge in [-0.1, -0.05) is 0 Å². The van der Waals surface area contributed by atoms with Crippen molar-refractivity contribution < 1.29 is 120 Å². The molecule has 6 bridgehead atoms. The van der Waals surface area contributed by atoms with Crippen LogP contribution in [-0.2, 0) is 111 Å². The first-order chi connectivity index (χ1) is 12.8. The fourth-order valence-corrected chi connectivity index (χ4v) is 44.9. The molecule has 0 aliphatic carbocycles. The number of fused-ring (bicyclic) bond motifs is 4. The van der Waals surface area contributed by atoms with Crippen LogP contribution < -0.4 is 0 Å². The van der Waals surface area contributed by atoms with Crippen LogP contribution in [0.5, 0.6) is 0 Å². The third kappa shape index (κ3) is 6.85. The molecule has 0 saturated carbocycles. The molecule has 31 heavy (non-hydrogen) atoms. The van der Waals surface area contributed by atoms with Crippen LogP contribution >= 0.6 is 0 Å². The topological polar surface area (TPSA) is 142 Å². The Labute approximate surface area is 240 Å². The molecule has 174 valence electrons. The van der Waals surface area contributed by atoms with Gasteiger partial charge in [-0.25, -0.2) is 0 Å². The summed E-state index contributed by atoms with van der Waals surface area (Å²) < 4.78 is 67.4. The Bertz CT molecular complexity index is 670. The van der Waals surface area contributed by atoms with Crippen LogP contribution in [0, 0.1) is 0 Å². The molecule has 2 radical (unpaired) electrons. The Morgan fingerprint density at radius 3 is 0.613 bits per heavy atom. The average molecular weight is 733 g/mol. The van der Waals surface area contributed by atoms with Gasteiger partial charge >= 0.3 is 70.4 Å². The van der Waals surface area contributed by atoms with Crippen molar-refractivity contribution in [3.05, 3.63) is 0 Å². The van der Waals surface area contributed by atoms with E-state index in [4.69, 9.17) is 45.3 Å². The standard InChI is InChI=1S/C8H26O13Si8.2Y/c1-22(9)11-24(3)15-25(4)12-23(2,10)14-27(6)19-29(8,17-25)20-26(5,13-22)18-28(7,16-24)21-27;;/h9-10H,1-8H3;;. The minimum absolute atomic E-state index is 0. The maximum absolute atomic E-state index is 10.9. The quantitative estimate of drug-likeness (QED) is 0.317. The van der Waals surface area contributed by atoms with Crippen LogP contribution in [0.25, 0.3) is 0 Å². The van der Waals surface area contributed by atoms with Crippen LogP contribution in [0.1, 0.15) is 0 Å². The Hall–Kier alpha value is 3.42. The fraction of sp³-hybridized carbons (Fsp3) is 1.00. The van der Waals surface area contributed by atoms with Crippen molar-refractivity contribution in [2.45, 2.75) is 52.4 Å². The molecule has 23 heteroatoms. The smallest absolute Gasteiger partial charge is 0.391 e. The molecule has 13 nitrogen and oxygen atoms in total. The van der Waals surface area contributed by atoms with Gasteiger partial charge < -0.3 is 54.9 Å². The van der Waals surface area contributed by atoms with Crippen LogP contribution in [0.15, 0.2) is 0 Å². The number of rotatable bonds is 0. The summed E-state index contributed by atoms with van der Waals surface area (Å²) in [6.07, 6.45) is 0. The van der Waals surface area contributed by atoms with Crippen molar-refractivity contribution in [3.8, 4) is 0 Å². The molecule has 0 amide bonds. The van der Waals surface area contributed by atoms with Crippen LogP contribution in [0.2, 0.25) is 52.4 Å². The van der Waals surface area contributed by atoms with Gasteiger partial charge in [0.05, 0.1) is 0 Å². The Balaban J connectivity index is 0.00000171. The molecule has 4 unspecified atom stereocenters. The molecule has 7 aliphatic heterocycles. The summed E-state index contributed by atoms with van der Waals surface area (Å²) in [4.78, 5) is 21.8. The maximum atomic E-state index is 10.9. The Morgan fingerprint density at radius 2 is 0.452 bits per heavy atom. The van der Waals surface area contributed by atoms with Crippen molar-refractivity contribution >= 4 is 70.4 Å². The van der Waals surface area contributed by atoms with Gasteiger partial charge in [0, 0.05) is 118 Å². The summed E-state index contributed by atoms with van der Waals surface area (Å²) in [5.74, 6) is 0. The minimum atomic E-state index is -3.81. The third-order valence-electron chi connectivity index (χ3n) is 4.09. The van der Waals surface area contributed by atoms with E-state index >= 15 is 0 Å². The van der Waals surface area contributed by atoms with Crippen LogP contribution in [-0.4, -0.2) is 80.0 Å². The normalized spacial score (nSPS) is 59.0. The van der Waals surface area contributed by atoms with E-state index in [-0.39, 0.29) is 65.4 Å². The fourth-order valence-electron chi connectivity index (χ4n) is 4.15. The van der Waals surface area contributed by atoms with Gasteiger partial charge in [-0.2, -0.15) is 0 Å². The molecular formula is C8H26O13Si8Y2. The second-order valence-corrected chi connectivity index (χ2v) is 31.0. The van der Waals surface area contributed by atoms with Gasteiger partial charge in [-0.3, -0.25) is 0 Å². The molecule has 7 heterocycles. The number of hydrogen-bond acceptors (Lipinski definition) is 13. The molecule has 7 fully saturated rings. The summed E-state index contributed by atoms with van der Waals surface area (Å²) in [5.41, 5.74) is 0. The Kier molecular flexibility index (Phi) is 8.91. The zero-order valence-electron chi connectivity index (χ0n) is 18.5. The molecule has 7 saturated heterocycles. The average Bonchev–Trinajstić information content (AvgIpc) is 2.22. The van der Waals surface area contributed by atoms with E-state index in [1.807, 2.05) is 0 Å². The van der Waals surface area contributed by atoms with Crippen LogP contribution in [0.4, 0.5) is 0 Å². The molecule has 0 spiro atoms. The molecule has 0 aromatic heterocycles. The molecule has 4 atom stereocenters. The van der Waals surface area contributed by atoms with Crippen molar-refractivity contribution in [3.63, 3.8) is 0 Å². The molecule has 7 rings (SSSR count). The first-order valence-corrected chi connectivity index (χ1v) is 26.8. The largest absolute Gasteiger partial charge is 0.480 e. The van der Waals surface area contributed by atoms with Crippen molar-refractivity contribution in [2.24, 2.45) is 0 Å². The van der Waals surface area contributed by atoms with E-state index in [1.165, 1.54) is 13.1 Å². The molecular weight excluding hydrogens is 707 g/mol. The summed E-state index contributed by atoms with van der Waals surface area (Å²) >= 11 is 0. The maximum Gasteiger partial charge on any atom is 0.480 e. The van der Waals surface area contributed by atoms with Crippen molar-refractivity contribution in [2.75, 3.05) is 0 Å². The van der Waals surface area contributed by atoms with Gasteiger partial charge in [0.15, 0.2) is 0 Å². The van der Waals surface area contributed by atoms with Crippen molar-refractivity contribution in [1.82, 2.24) is 0 Å². The zero-order valence-corrected chi connectivity index (χ0v) is 32.2. The van der Waals surface area contributed by atoms with Crippen LogP contribution in [0.3, 0.4) is 0 Å². The molecule has 2 N–H and O–H groups in total. The van der Waals surface area contributed by atoms with Gasteiger partial charge in [-0.15, -0.1) is 0 Å². The first-order valence-electron chi connectivity index (χ1n) is 8.94. The molecule has 7 aliphatic rings. The molecule has 0 aromatic rings. The summed E-state index contributed by atoms with van der Waals surface area (Å²) in [7, 11) is -29.6. The van der Waals surface area contributed by atoms with E-state index < -0.39 is 70.4 Å². The summed E-state index contributed by atoms with van der Waals surface area (Å²) in [5, 5.41) is 0. The van der Waals surface area contributed by atoms with E-state index in [9.17, 15) is 9.59 Å². The summed E-state index contributed by atoms with van der Waals surface area (Å²) in [6.45, 7) is 12.5. The van der Waals surface area contributed by atoms with Gasteiger partial charge in [0.1, 0.15) is 0 Å². The van der Waals surface area contributed by atoms with Gasteiger partial charge in [-0.05, 0) is 0 Å². The molecule has 0 aromatic carbocycles. The first kappa shape index (κ1) is 30.6. The second-order valence-electron chi connectivity index (χ2n) is 8.09. The zero-order chi connectivity index (χ0) is 21.8. The second kappa shape index (κ2) is 9.02. The number of hydrogen-bond donors (Lipinski definition) is 2. The Morgan fingerprint density at radius 1 is 0.323 bits per heavy atom.